The van der Waals surface area contributed by atoms with E-state index in [1.54, 1.807) is 12.1 Å². The highest BCUT2D eigenvalue weighted by Crippen LogP contribution is 2.21. The van der Waals surface area contributed by atoms with E-state index in [1.807, 2.05) is 36.7 Å². The highest BCUT2D eigenvalue weighted by molar-refractivity contribution is 6.30. The fourth-order valence-electron chi connectivity index (χ4n) is 4.22. The maximum Gasteiger partial charge on any atom is 0.134 e. The van der Waals surface area contributed by atoms with Gasteiger partial charge in [-0.3, -0.25) is 4.90 Å². The summed E-state index contributed by atoms with van der Waals surface area (Å²) in [6.45, 7) is 8.44. The fraction of sp³-hybridized carbons (Fsp3) is 0.444. The number of hydrogen-bond acceptors (Lipinski definition) is 6. The van der Waals surface area contributed by atoms with Crippen molar-refractivity contribution < 1.29 is 19.3 Å². The highest BCUT2D eigenvalue weighted by Gasteiger charge is 2.33. The first kappa shape index (κ1) is 25.5. The molecular formula is C27H34ClN3O4. The van der Waals surface area contributed by atoms with Crippen LogP contribution in [0.3, 0.4) is 0 Å². The summed E-state index contributed by atoms with van der Waals surface area (Å²) in [7, 11) is 0. The van der Waals surface area contributed by atoms with Crippen molar-refractivity contribution in [3.05, 3.63) is 77.3 Å². The van der Waals surface area contributed by atoms with Gasteiger partial charge in [-0.25, -0.2) is 4.98 Å². The topological polar surface area (TPSA) is 69.0 Å². The van der Waals surface area contributed by atoms with Crippen LogP contribution in [0.1, 0.15) is 31.2 Å². The molecule has 8 heteroatoms. The van der Waals surface area contributed by atoms with Gasteiger partial charge in [-0.15, -0.1) is 0 Å². The van der Waals surface area contributed by atoms with Crippen molar-refractivity contribution in [3.8, 4) is 11.5 Å². The molecule has 0 radical (unpaired) electrons. The van der Waals surface area contributed by atoms with Gasteiger partial charge in [-0.1, -0.05) is 43.6 Å². The molecule has 1 saturated heterocycles. The van der Waals surface area contributed by atoms with E-state index in [1.165, 1.54) is 0 Å². The van der Waals surface area contributed by atoms with Gasteiger partial charge in [0.2, 0.25) is 0 Å². The number of β-amino-alcohol motifs (C(OH)–C–C–N with tert-alkyl or cyclic N) is 1. The van der Waals surface area contributed by atoms with Crippen LogP contribution in [0.2, 0.25) is 5.02 Å². The van der Waals surface area contributed by atoms with Crippen LogP contribution in [-0.2, 0) is 17.8 Å². The summed E-state index contributed by atoms with van der Waals surface area (Å²) >= 11 is 6.03. The molecule has 0 aliphatic carbocycles. The molecule has 7 nitrogen and oxygen atoms in total. The Morgan fingerprint density at radius 1 is 1.14 bits per heavy atom. The molecule has 0 amide bonds. The SMILES string of the molecule is CC(C)c1nccn1CCOc1ccc(CN2CCOCC(O)(COc3cccc(Cl)c3)C2)cc1. The third-order valence-electron chi connectivity index (χ3n) is 5.94. The lowest BCUT2D eigenvalue weighted by Crippen LogP contribution is -2.48. The van der Waals surface area contributed by atoms with Gasteiger partial charge in [0.05, 0.1) is 19.8 Å². The van der Waals surface area contributed by atoms with Crippen molar-refractivity contribution in [3.63, 3.8) is 0 Å². The average Bonchev–Trinajstić information content (AvgIpc) is 3.23. The molecule has 1 aliphatic rings. The molecular weight excluding hydrogens is 466 g/mol. The Kier molecular flexibility index (Phi) is 8.68. The van der Waals surface area contributed by atoms with E-state index < -0.39 is 5.60 Å². The van der Waals surface area contributed by atoms with E-state index in [-0.39, 0.29) is 13.2 Å². The summed E-state index contributed by atoms with van der Waals surface area (Å²) in [5, 5.41) is 11.8. The molecule has 35 heavy (non-hydrogen) atoms. The predicted octanol–water partition coefficient (Wildman–Crippen LogP) is 4.38. The lowest BCUT2D eigenvalue weighted by atomic mass is 10.1. The summed E-state index contributed by atoms with van der Waals surface area (Å²) in [6.07, 6.45) is 3.83. The number of aromatic nitrogens is 2. The number of rotatable bonds is 10. The Hall–Kier alpha value is -2.58. The third-order valence-corrected chi connectivity index (χ3v) is 6.17. The molecule has 4 rings (SSSR count). The van der Waals surface area contributed by atoms with Crippen LogP contribution in [0.15, 0.2) is 60.9 Å². The van der Waals surface area contributed by atoms with Crippen molar-refractivity contribution in [2.24, 2.45) is 0 Å². The van der Waals surface area contributed by atoms with Crippen LogP contribution < -0.4 is 9.47 Å². The van der Waals surface area contributed by atoms with Gasteiger partial charge in [0, 0.05) is 43.0 Å². The first-order valence-electron chi connectivity index (χ1n) is 12.0. The quantitative estimate of drug-likeness (QED) is 0.446. The Bertz CT molecular complexity index is 1070. The van der Waals surface area contributed by atoms with Crippen molar-refractivity contribution >= 4 is 11.6 Å². The molecule has 0 bridgehead atoms. The molecule has 188 valence electrons. The van der Waals surface area contributed by atoms with Gasteiger partial charge < -0.3 is 23.9 Å². The Balaban J connectivity index is 1.28. The van der Waals surface area contributed by atoms with Crippen LogP contribution in [0.5, 0.6) is 11.5 Å². The van der Waals surface area contributed by atoms with E-state index >= 15 is 0 Å². The fourth-order valence-corrected chi connectivity index (χ4v) is 4.40. The molecule has 1 unspecified atom stereocenters. The first-order valence-corrected chi connectivity index (χ1v) is 12.4. The molecule has 1 N–H and O–H groups in total. The van der Waals surface area contributed by atoms with Crippen LogP contribution in [0, 0.1) is 0 Å². The second-order valence-corrected chi connectivity index (χ2v) is 9.80. The molecule has 1 aliphatic heterocycles. The molecule has 3 aromatic rings. The second kappa shape index (κ2) is 11.9. The normalized spacial score (nSPS) is 19.0. The molecule has 1 atom stereocenters. The molecule has 0 spiro atoms. The zero-order chi connectivity index (χ0) is 24.7. The van der Waals surface area contributed by atoms with E-state index in [0.29, 0.717) is 43.0 Å². The molecule has 1 fully saturated rings. The van der Waals surface area contributed by atoms with Gasteiger partial charge in [0.15, 0.2) is 0 Å². The molecule has 1 aromatic heterocycles. The minimum absolute atomic E-state index is 0.131. The van der Waals surface area contributed by atoms with E-state index in [9.17, 15) is 5.11 Å². The zero-order valence-corrected chi connectivity index (χ0v) is 21.2. The summed E-state index contributed by atoms with van der Waals surface area (Å²) in [5.41, 5.74) is 0.0402. The Morgan fingerprint density at radius 2 is 1.97 bits per heavy atom. The minimum Gasteiger partial charge on any atom is -0.492 e. The van der Waals surface area contributed by atoms with Crippen molar-refractivity contribution in [1.82, 2.24) is 14.5 Å². The summed E-state index contributed by atoms with van der Waals surface area (Å²) in [6, 6.07) is 15.3. The number of halogens is 1. The predicted molar refractivity (Wildman–Crippen MR) is 136 cm³/mol. The minimum atomic E-state index is -1.11. The van der Waals surface area contributed by atoms with Crippen LogP contribution in [-0.4, -0.2) is 64.7 Å². The van der Waals surface area contributed by atoms with E-state index in [4.69, 9.17) is 25.8 Å². The average molecular weight is 500 g/mol. The van der Waals surface area contributed by atoms with Crippen LogP contribution in [0.4, 0.5) is 0 Å². The van der Waals surface area contributed by atoms with Gasteiger partial charge in [-0.05, 0) is 35.9 Å². The number of imidazole rings is 1. The number of ether oxygens (including phenoxy) is 3. The summed E-state index contributed by atoms with van der Waals surface area (Å²) < 4.78 is 19.6. The largest absolute Gasteiger partial charge is 0.492 e. The van der Waals surface area contributed by atoms with Crippen molar-refractivity contribution in [1.29, 1.82) is 0 Å². The monoisotopic (exact) mass is 499 g/mol. The summed E-state index contributed by atoms with van der Waals surface area (Å²) in [4.78, 5) is 6.61. The number of nitrogens with zero attached hydrogens (tertiary/aromatic N) is 3. The standard InChI is InChI=1S/C27H34ClN3O4/c1-21(2)26-29-10-11-31(26)13-15-34-24-8-6-22(7-9-24)17-30-12-14-33-19-27(32,18-30)20-35-25-5-3-4-23(28)16-25/h3-11,16,21,32H,12-15,17-20H2,1-2H3. The van der Waals surface area contributed by atoms with Crippen LogP contribution in [0.25, 0.3) is 0 Å². The molecule has 2 aromatic carbocycles. The van der Waals surface area contributed by atoms with E-state index in [0.717, 1.165) is 30.2 Å². The smallest absolute Gasteiger partial charge is 0.134 e. The highest BCUT2D eigenvalue weighted by atomic mass is 35.5. The van der Waals surface area contributed by atoms with Crippen molar-refractivity contribution in [2.75, 3.05) is 39.5 Å². The lowest BCUT2D eigenvalue weighted by Gasteiger charge is -2.30. The third kappa shape index (κ3) is 7.45. The Labute approximate surface area is 212 Å². The number of benzene rings is 2. The maximum atomic E-state index is 11.2. The second-order valence-electron chi connectivity index (χ2n) is 9.36. The zero-order valence-electron chi connectivity index (χ0n) is 20.4. The first-order chi connectivity index (χ1) is 16.9. The lowest BCUT2D eigenvalue weighted by molar-refractivity contribution is -0.0646. The summed E-state index contributed by atoms with van der Waals surface area (Å²) in [5.74, 6) is 2.93. The Morgan fingerprint density at radius 3 is 2.74 bits per heavy atom. The van der Waals surface area contributed by atoms with Crippen molar-refractivity contribution in [2.45, 2.75) is 38.5 Å². The van der Waals surface area contributed by atoms with Gasteiger partial charge in [0.1, 0.15) is 36.1 Å². The number of aliphatic hydroxyl groups is 1. The van der Waals surface area contributed by atoms with Crippen LogP contribution >= 0.6 is 11.6 Å². The van der Waals surface area contributed by atoms with Gasteiger partial charge in [0.25, 0.3) is 0 Å². The van der Waals surface area contributed by atoms with Gasteiger partial charge in [-0.2, -0.15) is 0 Å². The van der Waals surface area contributed by atoms with E-state index in [2.05, 4.69) is 40.4 Å². The molecule has 2 heterocycles. The van der Waals surface area contributed by atoms with Gasteiger partial charge >= 0.3 is 0 Å². The molecule has 0 saturated carbocycles. The number of hydrogen-bond donors (Lipinski definition) is 1. The maximum absolute atomic E-state index is 11.2.